The van der Waals surface area contributed by atoms with E-state index in [-0.39, 0.29) is 5.91 Å². The molecule has 1 atom stereocenters. The average molecular weight is 314 g/mol. The molecule has 1 aliphatic rings. The topological polar surface area (TPSA) is 23.6 Å². The molecule has 1 aromatic heterocycles. The highest BCUT2D eigenvalue weighted by Gasteiger charge is 2.27. The third-order valence-corrected chi connectivity index (χ3v) is 5.53. The fourth-order valence-corrected chi connectivity index (χ4v) is 3.98. The fraction of sp³-hybridized carbons (Fsp3) is 0.389. The summed E-state index contributed by atoms with van der Waals surface area (Å²) in [6.07, 6.45) is 1.06. The highest BCUT2D eigenvalue weighted by Crippen LogP contribution is 2.29. The molecule has 1 aromatic carbocycles. The summed E-state index contributed by atoms with van der Waals surface area (Å²) in [6, 6.07) is 10.5. The Kier molecular flexibility index (Phi) is 4.32. The first-order valence-electron chi connectivity index (χ1n) is 7.66. The Bertz CT molecular complexity index is 679. The van der Waals surface area contributed by atoms with Gasteiger partial charge in [-0.3, -0.25) is 4.79 Å². The van der Waals surface area contributed by atoms with Crippen LogP contribution in [0.1, 0.15) is 22.3 Å². The predicted molar refractivity (Wildman–Crippen MR) is 92.5 cm³/mol. The van der Waals surface area contributed by atoms with Crippen LogP contribution in [0.25, 0.3) is 10.4 Å². The van der Waals surface area contributed by atoms with E-state index in [2.05, 4.69) is 36.4 Å². The van der Waals surface area contributed by atoms with Crippen LogP contribution in [0.15, 0.2) is 35.7 Å². The number of amides is 1. The van der Waals surface area contributed by atoms with Gasteiger partial charge in [-0.15, -0.1) is 11.3 Å². The first-order valence-corrected chi connectivity index (χ1v) is 8.54. The maximum absolute atomic E-state index is 12.8. The smallest absolute Gasteiger partial charge is 0.253 e. The monoisotopic (exact) mass is 314 g/mol. The number of likely N-dealkylation sites (N-methyl/N-ethyl adjacent to an activating group) is 2. The second kappa shape index (κ2) is 6.23. The summed E-state index contributed by atoms with van der Waals surface area (Å²) in [4.78, 5) is 18.2. The van der Waals surface area contributed by atoms with Gasteiger partial charge in [0, 0.05) is 30.1 Å². The average Bonchev–Trinajstić information content (AvgIpc) is 3.14. The Morgan fingerprint density at radius 2 is 2.18 bits per heavy atom. The zero-order valence-corrected chi connectivity index (χ0v) is 14.2. The molecule has 1 fully saturated rings. The van der Waals surface area contributed by atoms with E-state index in [0.29, 0.717) is 6.04 Å². The summed E-state index contributed by atoms with van der Waals surface area (Å²) < 4.78 is 0. The van der Waals surface area contributed by atoms with Crippen molar-refractivity contribution >= 4 is 17.2 Å². The lowest BCUT2D eigenvalue weighted by Gasteiger charge is -2.24. The molecule has 2 heterocycles. The van der Waals surface area contributed by atoms with Crippen molar-refractivity contribution in [3.8, 4) is 10.4 Å². The molecule has 1 unspecified atom stereocenters. The second-order valence-corrected chi connectivity index (χ2v) is 7.05. The van der Waals surface area contributed by atoms with Gasteiger partial charge < -0.3 is 9.80 Å². The van der Waals surface area contributed by atoms with Crippen LogP contribution in [0.3, 0.4) is 0 Å². The van der Waals surface area contributed by atoms with E-state index in [9.17, 15) is 4.79 Å². The summed E-state index contributed by atoms with van der Waals surface area (Å²) in [5, 5.41) is 2.10. The Labute approximate surface area is 136 Å². The molecular weight excluding hydrogens is 292 g/mol. The standard InChI is InChI=1S/C18H22N2OS/c1-13-8-10-22-17(13)14-5-4-6-15(11-14)18(21)20(3)16-7-9-19(2)12-16/h4-6,8,10-11,16H,7,9,12H2,1-3H3. The van der Waals surface area contributed by atoms with Crippen LogP contribution in [0.2, 0.25) is 0 Å². The summed E-state index contributed by atoms with van der Waals surface area (Å²) in [6.45, 7) is 4.14. The predicted octanol–water partition coefficient (Wildman–Crippen LogP) is 3.50. The molecule has 0 saturated carbocycles. The van der Waals surface area contributed by atoms with Crippen molar-refractivity contribution in [1.82, 2.24) is 9.80 Å². The van der Waals surface area contributed by atoms with Gasteiger partial charge in [-0.05, 0) is 61.6 Å². The first-order chi connectivity index (χ1) is 10.6. The molecule has 0 bridgehead atoms. The Hall–Kier alpha value is -1.65. The van der Waals surface area contributed by atoms with E-state index < -0.39 is 0 Å². The van der Waals surface area contributed by atoms with Crippen LogP contribution >= 0.6 is 11.3 Å². The molecular formula is C18H22N2OS. The Morgan fingerprint density at radius 1 is 1.36 bits per heavy atom. The summed E-state index contributed by atoms with van der Waals surface area (Å²) in [7, 11) is 4.04. The maximum atomic E-state index is 12.8. The number of aryl methyl sites for hydroxylation is 1. The van der Waals surface area contributed by atoms with Gasteiger partial charge >= 0.3 is 0 Å². The molecule has 1 aliphatic heterocycles. The number of thiophene rings is 1. The van der Waals surface area contributed by atoms with Crippen molar-refractivity contribution in [1.29, 1.82) is 0 Å². The molecule has 22 heavy (non-hydrogen) atoms. The molecule has 3 rings (SSSR count). The zero-order valence-electron chi connectivity index (χ0n) is 13.4. The summed E-state index contributed by atoms with van der Waals surface area (Å²) >= 11 is 1.73. The lowest BCUT2D eigenvalue weighted by atomic mass is 10.1. The molecule has 116 valence electrons. The highest BCUT2D eigenvalue weighted by molar-refractivity contribution is 7.13. The molecule has 1 amide bonds. The SMILES string of the molecule is Cc1ccsc1-c1cccc(C(=O)N(C)C2CCN(C)C2)c1. The Morgan fingerprint density at radius 3 is 2.82 bits per heavy atom. The number of rotatable bonds is 3. The van der Waals surface area contributed by atoms with Crippen molar-refractivity contribution < 1.29 is 4.79 Å². The van der Waals surface area contributed by atoms with E-state index in [1.165, 1.54) is 10.4 Å². The van der Waals surface area contributed by atoms with E-state index in [1.807, 2.05) is 30.1 Å². The zero-order chi connectivity index (χ0) is 15.7. The van der Waals surface area contributed by atoms with Crippen LogP contribution in [0.5, 0.6) is 0 Å². The molecule has 0 spiro atoms. The number of nitrogens with zero attached hydrogens (tertiary/aromatic N) is 2. The number of benzene rings is 1. The van der Waals surface area contributed by atoms with E-state index in [1.54, 1.807) is 11.3 Å². The highest BCUT2D eigenvalue weighted by atomic mass is 32.1. The number of likely N-dealkylation sites (tertiary alicyclic amines) is 1. The number of carbonyl (C=O) groups excluding carboxylic acids is 1. The maximum Gasteiger partial charge on any atom is 0.253 e. The normalized spacial score (nSPS) is 18.6. The second-order valence-electron chi connectivity index (χ2n) is 6.13. The van der Waals surface area contributed by atoms with Crippen LogP contribution in [0, 0.1) is 6.92 Å². The molecule has 3 nitrogen and oxygen atoms in total. The van der Waals surface area contributed by atoms with Gasteiger partial charge in [-0.1, -0.05) is 12.1 Å². The van der Waals surface area contributed by atoms with E-state index in [4.69, 9.17) is 0 Å². The van der Waals surface area contributed by atoms with Crippen LogP contribution in [-0.2, 0) is 0 Å². The fourth-order valence-electron chi connectivity index (χ4n) is 3.06. The van der Waals surface area contributed by atoms with Crippen molar-refractivity contribution in [2.45, 2.75) is 19.4 Å². The minimum absolute atomic E-state index is 0.122. The first kappa shape index (κ1) is 15.3. The van der Waals surface area contributed by atoms with Crippen molar-refractivity contribution in [2.75, 3.05) is 27.2 Å². The van der Waals surface area contributed by atoms with E-state index in [0.717, 1.165) is 30.6 Å². The lowest BCUT2D eigenvalue weighted by Crippen LogP contribution is -2.38. The Balaban J connectivity index is 1.83. The molecule has 4 heteroatoms. The van der Waals surface area contributed by atoms with Crippen LogP contribution < -0.4 is 0 Å². The quantitative estimate of drug-likeness (QED) is 0.866. The number of hydrogen-bond acceptors (Lipinski definition) is 3. The molecule has 0 N–H and O–H groups in total. The van der Waals surface area contributed by atoms with Gasteiger partial charge in [-0.2, -0.15) is 0 Å². The van der Waals surface area contributed by atoms with Gasteiger partial charge in [0.2, 0.25) is 0 Å². The van der Waals surface area contributed by atoms with Crippen molar-refractivity contribution in [3.05, 3.63) is 46.8 Å². The molecule has 1 saturated heterocycles. The van der Waals surface area contributed by atoms with Crippen molar-refractivity contribution in [3.63, 3.8) is 0 Å². The molecule has 0 aliphatic carbocycles. The minimum Gasteiger partial charge on any atom is -0.337 e. The minimum atomic E-state index is 0.122. The van der Waals surface area contributed by atoms with E-state index >= 15 is 0 Å². The number of hydrogen-bond donors (Lipinski definition) is 0. The number of carbonyl (C=O) groups is 1. The van der Waals surface area contributed by atoms with Crippen LogP contribution in [-0.4, -0.2) is 48.9 Å². The summed E-state index contributed by atoms with van der Waals surface area (Å²) in [5.41, 5.74) is 3.18. The van der Waals surface area contributed by atoms with Gasteiger partial charge in [0.05, 0.1) is 0 Å². The third-order valence-electron chi connectivity index (χ3n) is 4.47. The third kappa shape index (κ3) is 2.94. The van der Waals surface area contributed by atoms with Crippen LogP contribution in [0.4, 0.5) is 0 Å². The lowest BCUT2D eigenvalue weighted by molar-refractivity contribution is 0.0737. The van der Waals surface area contributed by atoms with Crippen molar-refractivity contribution in [2.24, 2.45) is 0 Å². The van der Waals surface area contributed by atoms with Gasteiger partial charge in [0.15, 0.2) is 0 Å². The van der Waals surface area contributed by atoms with Gasteiger partial charge in [-0.25, -0.2) is 0 Å². The van der Waals surface area contributed by atoms with Gasteiger partial charge in [0.25, 0.3) is 5.91 Å². The summed E-state index contributed by atoms with van der Waals surface area (Å²) in [5.74, 6) is 0.122. The molecule has 2 aromatic rings. The largest absolute Gasteiger partial charge is 0.337 e. The van der Waals surface area contributed by atoms with Gasteiger partial charge in [0.1, 0.15) is 0 Å². The molecule has 0 radical (unpaired) electrons.